The molecule has 1 aromatic rings. The van der Waals surface area contributed by atoms with Gasteiger partial charge in [-0.05, 0) is 51.7 Å². The molecule has 0 radical (unpaired) electrons. The van der Waals surface area contributed by atoms with E-state index in [0.29, 0.717) is 38.8 Å². The molecule has 2 N–H and O–H groups in total. The Morgan fingerprint density at radius 1 is 1.25 bits per heavy atom. The summed E-state index contributed by atoms with van der Waals surface area (Å²) in [7, 11) is 0. The van der Waals surface area contributed by atoms with Crippen LogP contribution in [0.2, 0.25) is 0 Å². The predicted molar refractivity (Wildman–Crippen MR) is 117 cm³/mol. The summed E-state index contributed by atoms with van der Waals surface area (Å²) in [6.07, 6.45) is 4.88. The van der Waals surface area contributed by atoms with Crippen molar-refractivity contribution in [2.75, 3.05) is 50.8 Å². The Morgan fingerprint density at radius 3 is 2.78 bits per heavy atom. The Hall–Kier alpha value is -2.64. The monoisotopic (exact) mass is 441 g/mol. The van der Waals surface area contributed by atoms with Crippen LogP contribution in [0.15, 0.2) is 0 Å². The van der Waals surface area contributed by atoms with Gasteiger partial charge in [-0.2, -0.15) is 15.2 Å². The van der Waals surface area contributed by atoms with Crippen LogP contribution in [0.1, 0.15) is 43.4 Å². The minimum absolute atomic E-state index is 0.152. The normalized spacial score (nSPS) is 24.7. The largest absolute Gasteiger partial charge is 0.465 e. The van der Waals surface area contributed by atoms with Crippen LogP contribution in [-0.2, 0) is 13.0 Å². The standard InChI is InChI=1S/C22H31N7O3/c23-7-3-16-14-27(11-12-29(16)21(30)31)19-17-4-8-24-13-18(17)25-20(26-19)32-15-22(5-6-22)28-9-1-2-10-28/h16,24H,1-6,8-15H2,(H,30,31). The molecule has 1 amide bonds. The number of ether oxygens (including phenoxy) is 1. The van der Waals surface area contributed by atoms with Crippen molar-refractivity contribution in [3.8, 4) is 12.1 Å². The van der Waals surface area contributed by atoms with Gasteiger partial charge in [0.1, 0.15) is 12.4 Å². The molecule has 10 heteroatoms. The summed E-state index contributed by atoms with van der Waals surface area (Å²) < 4.78 is 6.20. The van der Waals surface area contributed by atoms with Crippen LogP contribution < -0.4 is 15.0 Å². The first-order chi connectivity index (χ1) is 15.6. The molecule has 3 aliphatic heterocycles. The fraction of sp³-hybridized carbons (Fsp3) is 0.727. The van der Waals surface area contributed by atoms with Gasteiger partial charge in [-0.1, -0.05) is 0 Å². The molecular formula is C22H31N7O3. The zero-order valence-corrected chi connectivity index (χ0v) is 18.4. The molecule has 1 saturated carbocycles. The Labute approximate surface area is 188 Å². The van der Waals surface area contributed by atoms with Gasteiger partial charge in [0.2, 0.25) is 0 Å². The van der Waals surface area contributed by atoms with Crippen LogP contribution in [0.25, 0.3) is 0 Å². The van der Waals surface area contributed by atoms with E-state index in [9.17, 15) is 15.2 Å². The predicted octanol–water partition coefficient (Wildman–Crippen LogP) is 1.21. The highest BCUT2D eigenvalue weighted by Crippen LogP contribution is 2.43. The van der Waals surface area contributed by atoms with Crippen LogP contribution in [0.3, 0.4) is 0 Å². The van der Waals surface area contributed by atoms with E-state index in [4.69, 9.17) is 14.7 Å². The van der Waals surface area contributed by atoms with E-state index in [1.54, 1.807) is 0 Å². The number of anilines is 1. The second kappa shape index (κ2) is 8.71. The van der Waals surface area contributed by atoms with Crippen molar-refractivity contribution in [1.29, 1.82) is 5.26 Å². The summed E-state index contributed by atoms with van der Waals surface area (Å²) in [5.41, 5.74) is 2.22. The van der Waals surface area contributed by atoms with Gasteiger partial charge in [-0.3, -0.25) is 4.90 Å². The summed E-state index contributed by atoms with van der Waals surface area (Å²) in [5.74, 6) is 0.838. The van der Waals surface area contributed by atoms with Gasteiger partial charge in [-0.25, -0.2) is 4.79 Å². The number of nitrogens with zero attached hydrogens (tertiary/aromatic N) is 6. The van der Waals surface area contributed by atoms with Gasteiger partial charge in [-0.15, -0.1) is 0 Å². The number of nitrogens with one attached hydrogen (secondary N) is 1. The first kappa shape index (κ1) is 21.2. The van der Waals surface area contributed by atoms with Crippen molar-refractivity contribution >= 4 is 11.9 Å². The first-order valence-electron chi connectivity index (χ1n) is 11.7. The van der Waals surface area contributed by atoms with Crippen LogP contribution in [-0.4, -0.2) is 88.4 Å². The van der Waals surface area contributed by atoms with E-state index in [2.05, 4.69) is 21.2 Å². The van der Waals surface area contributed by atoms with Crippen molar-refractivity contribution in [2.45, 2.75) is 56.7 Å². The lowest BCUT2D eigenvalue weighted by Gasteiger charge is -2.40. The molecule has 10 nitrogen and oxygen atoms in total. The molecule has 0 bridgehead atoms. The molecule has 1 aromatic heterocycles. The molecule has 32 heavy (non-hydrogen) atoms. The first-order valence-corrected chi connectivity index (χ1v) is 11.7. The van der Waals surface area contributed by atoms with Crippen LogP contribution in [0.4, 0.5) is 10.6 Å². The summed E-state index contributed by atoms with van der Waals surface area (Å²) in [5, 5.41) is 22.1. The Morgan fingerprint density at radius 2 is 2.06 bits per heavy atom. The maximum atomic E-state index is 11.6. The Kier molecular flexibility index (Phi) is 5.78. The maximum absolute atomic E-state index is 11.6. The molecule has 5 rings (SSSR count). The molecule has 3 fully saturated rings. The zero-order chi connectivity index (χ0) is 22.1. The van der Waals surface area contributed by atoms with Crippen molar-refractivity contribution in [3.05, 3.63) is 11.3 Å². The van der Waals surface area contributed by atoms with E-state index in [-0.39, 0.29) is 18.0 Å². The number of piperazine rings is 1. The molecule has 4 heterocycles. The highest BCUT2D eigenvalue weighted by atomic mass is 16.5. The SMILES string of the molecule is N#CCC1CN(c2nc(OCC3(N4CCCC4)CC3)nc3c2CCNC3)CCN1C(=O)O. The fourth-order valence-corrected chi connectivity index (χ4v) is 5.31. The van der Waals surface area contributed by atoms with Crippen molar-refractivity contribution in [2.24, 2.45) is 0 Å². The highest BCUT2D eigenvalue weighted by molar-refractivity contribution is 5.66. The van der Waals surface area contributed by atoms with Gasteiger partial charge >= 0.3 is 12.1 Å². The minimum Gasteiger partial charge on any atom is -0.465 e. The van der Waals surface area contributed by atoms with Gasteiger partial charge in [0, 0.05) is 31.7 Å². The van der Waals surface area contributed by atoms with Crippen molar-refractivity contribution in [3.63, 3.8) is 0 Å². The third-order valence-corrected chi connectivity index (χ3v) is 7.32. The number of carbonyl (C=O) groups is 1. The lowest BCUT2D eigenvalue weighted by atomic mass is 10.0. The average Bonchev–Trinajstić information content (AvgIpc) is 3.39. The van der Waals surface area contributed by atoms with E-state index in [1.807, 2.05) is 0 Å². The fourth-order valence-electron chi connectivity index (χ4n) is 5.31. The number of likely N-dealkylation sites (tertiary alicyclic amines) is 1. The van der Waals surface area contributed by atoms with E-state index >= 15 is 0 Å². The van der Waals surface area contributed by atoms with E-state index in [0.717, 1.165) is 43.1 Å². The average molecular weight is 442 g/mol. The molecule has 1 atom stereocenters. The number of amides is 1. The number of nitriles is 1. The lowest BCUT2D eigenvalue weighted by Crippen LogP contribution is -2.55. The topological polar surface area (TPSA) is 118 Å². The number of carboxylic acid groups (broad SMARTS) is 1. The number of fused-ring (bicyclic) bond motifs is 1. The maximum Gasteiger partial charge on any atom is 0.407 e. The quantitative estimate of drug-likeness (QED) is 0.671. The molecule has 1 unspecified atom stereocenters. The minimum atomic E-state index is -0.973. The number of hydrogen-bond donors (Lipinski definition) is 2. The Balaban J connectivity index is 1.37. The lowest BCUT2D eigenvalue weighted by molar-refractivity contribution is 0.118. The summed E-state index contributed by atoms with van der Waals surface area (Å²) in [4.78, 5) is 27.2. The van der Waals surface area contributed by atoms with Crippen LogP contribution in [0, 0.1) is 11.3 Å². The van der Waals surface area contributed by atoms with Gasteiger partial charge in [0.15, 0.2) is 0 Å². The third kappa shape index (κ3) is 4.07. The van der Waals surface area contributed by atoms with E-state index < -0.39 is 6.09 Å². The molecular weight excluding hydrogens is 410 g/mol. The highest BCUT2D eigenvalue weighted by Gasteiger charge is 2.49. The molecule has 2 saturated heterocycles. The number of aromatic nitrogens is 2. The summed E-state index contributed by atoms with van der Waals surface area (Å²) >= 11 is 0. The van der Waals surface area contributed by atoms with Crippen LogP contribution >= 0.6 is 0 Å². The molecule has 0 spiro atoms. The second-order valence-electron chi connectivity index (χ2n) is 9.33. The van der Waals surface area contributed by atoms with Gasteiger partial charge < -0.3 is 25.0 Å². The smallest absolute Gasteiger partial charge is 0.407 e. The zero-order valence-electron chi connectivity index (χ0n) is 18.4. The number of rotatable bonds is 6. The molecule has 1 aliphatic carbocycles. The third-order valence-electron chi connectivity index (χ3n) is 7.32. The second-order valence-corrected chi connectivity index (χ2v) is 9.33. The van der Waals surface area contributed by atoms with Crippen molar-refractivity contribution < 1.29 is 14.6 Å². The summed E-state index contributed by atoms with van der Waals surface area (Å²) in [6, 6.07) is 2.17. The summed E-state index contributed by atoms with van der Waals surface area (Å²) in [6.45, 7) is 5.80. The molecule has 4 aliphatic rings. The van der Waals surface area contributed by atoms with Gasteiger partial charge in [0.05, 0.1) is 29.8 Å². The number of hydrogen-bond acceptors (Lipinski definition) is 8. The molecule has 172 valence electrons. The van der Waals surface area contributed by atoms with Crippen molar-refractivity contribution in [1.82, 2.24) is 25.1 Å². The van der Waals surface area contributed by atoms with Gasteiger partial charge in [0.25, 0.3) is 0 Å². The molecule has 0 aromatic carbocycles. The Bertz CT molecular complexity index is 908. The van der Waals surface area contributed by atoms with Crippen LogP contribution in [0.5, 0.6) is 6.01 Å². The van der Waals surface area contributed by atoms with E-state index in [1.165, 1.54) is 30.6 Å².